The van der Waals surface area contributed by atoms with Crippen LogP contribution in [0, 0.1) is 17.6 Å². The van der Waals surface area contributed by atoms with Gasteiger partial charge in [0.2, 0.25) is 5.91 Å². The van der Waals surface area contributed by atoms with Gasteiger partial charge in [0, 0.05) is 25.1 Å². The number of thiophene rings is 1. The monoisotopic (exact) mass is 464 g/mol. The van der Waals surface area contributed by atoms with Gasteiger partial charge in [-0.15, -0.1) is 11.3 Å². The molecule has 140 valence electrons. The number of amides is 1. The number of nitrogens with one attached hydrogen (secondary N) is 1. The molecule has 1 aliphatic rings. The first kappa shape index (κ1) is 19.4. The van der Waals surface area contributed by atoms with E-state index in [0.717, 1.165) is 27.3 Å². The second-order valence-electron chi connectivity index (χ2n) is 5.85. The molecule has 0 radical (unpaired) electrons. The fourth-order valence-electron chi connectivity index (χ4n) is 2.75. The Kier molecular flexibility index (Phi) is 5.75. The summed E-state index contributed by atoms with van der Waals surface area (Å²) in [5.74, 6) is -2.40. The molecule has 0 unspecified atom stereocenters. The third kappa shape index (κ3) is 4.13. The van der Waals surface area contributed by atoms with Crippen LogP contribution in [0.5, 0.6) is 0 Å². The summed E-state index contributed by atoms with van der Waals surface area (Å²) in [5, 5.41) is 2.44. The zero-order valence-electron chi connectivity index (χ0n) is 13.4. The van der Waals surface area contributed by atoms with Crippen LogP contribution >= 0.6 is 27.3 Å². The van der Waals surface area contributed by atoms with Gasteiger partial charge in [-0.2, -0.15) is 4.31 Å². The number of carbonyl (C=O) groups excluding carboxylic acids is 1. The van der Waals surface area contributed by atoms with Gasteiger partial charge in [-0.1, -0.05) is 0 Å². The molecule has 26 heavy (non-hydrogen) atoms. The third-order valence-corrected chi connectivity index (χ3v) is 8.15. The topological polar surface area (TPSA) is 66.5 Å². The average Bonchev–Trinajstić information content (AvgIpc) is 3.05. The van der Waals surface area contributed by atoms with Gasteiger partial charge in [-0.25, -0.2) is 17.2 Å². The number of anilines is 1. The molecule has 2 heterocycles. The van der Waals surface area contributed by atoms with Crippen LogP contribution in [-0.2, 0) is 14.8 Å². The van der Waals surface area contributed by atoms with Gasteiger partial charge in [0.05, 0.1) is 9.47 Å². The number of sulfonamides is 1. The highest BCUT2D eigenvalue weighted by Crippen LogP contribution is 2.31. The third-order valence-electron chi connectivity index (χ3n) is 4.16. The van der Waals surface area contributed by atoms with Gasteiger partial charge >= 0.3 is 0 Å². The molecule has 1 aromatic heterocycles. The summed E-state index contributed by atoms with van der Waals surface area (Å²) in [4.78, 5) is 12.3. The Hall–Kier alpha value is -1.36. The highest BCUT2D eigenvalue weighted by Gasteiger charge is 2.33. The van der Waals surface area contributed by atoms with Crippen LogP contribution in [0.25, 0.3) is 0 Å². The van der Waals surface area contributed by atoms with Gasteiger partial charge in [0.1, 0.15) is 15.8 Å². The summed E-state index contributed by atoms with van der Waals surface area (Å²) in [6, 6.07) is 6.14. The average molecular weight is 465 g/mol. The lowest BCUT2D eigenvalue weighted by molar-refractivity contribution is -0.120. The molecule has 1 amide bonds. The largest absolute Gasteiger partial charge is 0.323 e. The number of hydrogen-bond acceptors (Lipinski definition) is 4. The molecule has 0 atom stereocenters. The lowest BCUT2D eigenvalue weighted by atomic mass is 9.97. The van der Waals surface area contributed by atoms with E-state index >= 15 is 0 Å². The standard InChI is InChI=1S/C16H15BrF2N2O3S2/c17-14-3-4-15(25-14)26(23,24)21-7-5-10(6-8-21)16(22)20-13-2-1-11(18)9-12(13)19/h1-4,9-10H,5-8H2,(H,20,22). The van der Waals surface area contributed by atoms with Crippen LogP contribution in [0.2, 0.25) is 0 Å². The van der Waals surface area contributed by atoms with Crippen molar-refractivity contribution in [2.24, 2.45) is 5.92 Å². The minimum atomic E-state index is -3.57. The van der Waals surface area contributed by atoms with E-state index in [9.17, 15) is 22.0 Å². The van der Waals surface area contributed by atoms with Crippen molar-refractivity contribution in [2.75, 3.05) is 18.4 Å². The lowest BCUT2D eigenvalue weighted by Crippen LogP contribution is -2.41. The molecular formula is C16H15BrF2N2O3S2. The Morgan fingerprint density at radius 3 is 2.46 bits per heavy atom. The van der Waals surface area contributed by atoms with Crippen molar-refractivity contribution in [3.63, 3.8) is 0 Å². The predicted octanol–water partition coefficient (Wildman–Crippen LogP) is 3.83. The molecule has 10 heteroatoms. The number of hydrogen-bond donors (Lipinski definition) is 1. The van der Waals surface area contributed by atoms with Crippen LogP contribution in [0.1, 0.15) is 12.8 Å². The fraction of sp³-hybridized carbons (Fsp3) is 0.312. The van der Waals surface area contributed by atoms with Gasteiger partial charge in [0.25, 0.3) is 10.0 Å². The summed E-state index contributed by atoms with van der Waals surface area (Å²) in [5.41, 5.74) is -0.0881. The Morgan fingerprint density at radius 2 is 1.88 bits per heavy atom. The number of piperidine rings is 1. The van der Waals surface area contributed by atoms with Gasteiger partial charge < -0.3 is 5.32 Å². The van der Waals surface area contributed by atoms with Crippen LogP contribution in [0.4, 0.5) is 14.5 Å². The van der Waals surface area contributed by atoms with Crippen molar-refractivity contribution < 1.29 is 22.0 Å². The second-order valence-corrected chi connectivity index (χ2v) is 10.5. The Balaban J connectivity index is 1.62. The van der Waals surface area contributed by atoms with Crippen molar-refractivity contribution in [1.29, 1.82) is 0 Å². The summed E-state index contributed by atoms with van der Waals surface area (Å²) in [7, 11) is -3.57. The maximum atomic E-state index is 13.6. The second kappa shape index (κ2) is 7.71. The number of rotatable bonds is 4. The Morgan fingerprint density at radius 1 is 1.19 bits per heavy atom. The summed E-state index contributed by atoms with van der Waals surface area (Å²) in [6.07, 6.45) is 0.668. The molecule has 2 aromatic rings. The van der Waals surface area contributed by atoms with Crippen molar-refractivity contribution in [3.05, 3.63) is 45.8 Å². The van der Waals surface area contributed by atoms with E-state index in [-0.39, 0.29) is 23.0 Å². The first-order chi connectivity index (χ1) is 12.3. The minimum Gasteiger partial charge on any atom is -0.323 e. The summed E-state index contributed by atoms with van der Waals surface area (Å²) >= 11 is 4.38. The van der Waals surface area contributed by atoms with E-state index in [4.69, 9.17) is 0 Å². The van der Waals surface area contributed by atoms with Crippen molar-refractivity contribution in [3.8, 4) is 0 Å². The number of benzene rings is 1. The van der Waals surface area contributed by atoms with E-state index in [0.29, 0.717) is 18.9 Å². The molecule has 3 rings (SSSR count). The molecule has 1 saturated heterocycles. The Labute approximate surface area is 162 Å². The number of carbonyl (C=O) groups is 1. The molecule has 0 aliphatic carbocycles. The van der Waals surface area contributed by atoms with Crippen LogP contribution in [-0.4, -0.2) is 31.7 Å². The first-order valence-corrected chi connectivity index (χ1v) is 10.8. The van der Waals surface area contributed by atoms with Crippen LogP contribution in [0.3, 0.4) is 0 Å². The smallest absolute Gasteiger partial charge is 0.252 e. The van der Waals surface area contributed by atoms with Crippen LogP contribution in [0.15, 0.2) is 38.3 Å². The molecule has 0 spiro atoms. The minimum absolute atomic E-state index is 0.0881. The van der Waals surface area contributed by atoms with Crippen molar-refractivity contribution in [2.45, 2.75) is 17.1 Å². The first-order valence-electron chi connectivity index (χ1n) is 7.79. The highest BCUT2D eigenvalue weighted by molar-refractivity contribution is 9.11. The zero-order valence-corrected chi connectivity index (χ0v) is 16.6. The SMILES string of the molecule is O=C(Nc1ccc(F)cc1F)C1CCN(S(=O)(=O)c2ccc(Br)s2)CC1. The lowest BCUT2D eigenvalue weighted by Gasteiger charge is -2.30. The fourth-order valence-corrected chi connectivity index (χ4v) is 6.38. The van der Waals surface area contributed by atoms with Gasteiger partial charge in [-0.3, -0.25) is 4.79 Å². The van der Waals surface area contributed by atoms with E-state index in [2.05, 4.69) is 21.2 Å². The van der Waals surface area contributed by atoms with Crippen molar-refractivity contribution >= 4 is 48.9 Å². The maximum Gasteiger partial charge on any atom is 0.252 e. The van der Waals surface area contributed by atoms with Gasteiger partial charge in [0.15, 0.2) is 0 Å². The van der Waals surface area contributed by atoms with E-state index in [1.807, 2.05) is 0 Å². The summed E-state index contributed by atoms with van der Waals surface area (Å²) in [6.45, 7) is 0.420. The molecule has 0 saturated carbocycles. The van der Waals surface area contributed by atoms with E-state index < -0.39 is 33.5 Å². The highest BCUT2D eigenvalue weighted by atomic mass is 79.9. The van der Waals surface area contributed by atoms with Crippen LogP contribution < -0.4 is 5.32 Å². The molecule has 1 N–H and O–H groups in total. The molecular weight excluding hydrogens is 450 g/mol. The molecule has 1 aromatic carbocycles. The molecule has 5 nitrogen and oxygen atoms in total. The summed E-state index contributed by atoms with van der Waals surface area (Å²) < 4.78 is 54.0. The predicted molar refractivity (Wildman–Crippen MR) is 98.5 cm³/mol. The molecule has 1 aliphatic heterocycles. The quantitative estimate of drug-likeness (QED) is 0.747. The number of halogens is 3. The van der Waals surface area contributed by atoms with E-state index in [1.165, 1.54) is 4.31 Å². The van der Waals surface area contributed by atoms with Crippen molar-refractivity contribution in [1.82, 2.24) is 4.31 Å². The molecule has 0 bridgehead atoms. The zero-order chi connectivity index (χ0) is 18.9. The number of nitrogens with zero attached hydrogens (tertiary/aromatic N) is 1. The Bertz CT molecular complexity index is 925. The molecule has 1 fully saturated rings. The van der Waals surface area contributed by atoms with E-state index in [1.54, 1.807) is 12.1 Å². The normalized spacial score (nSPS) is 16.6. The van der Waals surface area contributed by atoms with Gasteiger partial charge in [-0.05, 0) is 53.0 Å². The maximum absolute atomic E-state index is 13.6.